The summed E-state index contributed by atoms with van der Waals surface area (Å²) in [7, 11) is 0. The Morgan fingerprint density at radius 3 is 2.35 bits per heavy atom. The molecular formula is C14H25NO2. The topological polar surface area (TPSA) is 38.3 Å². The molecule has 2 rings (SSSR count). The van der Waals surface area contributed by atoms with Crippen molar-refractivity contribution >= 4 is 5.97 Å². The van der Waals surface area contributed by atoms with Gasteiger partial charge in [0.25, 0.3) is 0 Å². The Labute approximate surface area is 104 Å². The molecule has 0 aromatic heterocycles. The number of rotatable bonds is 3. The number of esters is 1. The molecule has 1 N–H and O–H groups in total. The molecule has 3 nitrogen and oxygen atoms in total. The molecule has 0 amide bonds. The van der Waals surface area contributed by atoms with Crippen molar-refractivity contribution in [2.75, 3.05) is 13.1 Å². The minimum absolute atomic E-state index is 0.0416. The molecule has 1 aliphatic carbocycles. The van der Waals surface area contributed by atoms with Gasteiger partial charge in [0.15, 0.2) is 0 Å². The molecule has 1 saturated carbocycles. The van der Waals surface area contributed by atoms with Crippen LogP contribution in [0.2, 0.25) is 0 Å². The van der Waals surface area contributed by atoms with Gasteiger partial charge in [-0.15, -0.1) is 0 Å². The predicted octanol–water partition coefficient (Wildman–Crippen LogP) is 2.50. The first-order valence-corrected chi connectivity index (χ1v) is 6.85. The van der Waals surface area contributed by atoms with E-state index < -0.39 is 0 Å². The average Bonchev–Trinajstić information content (AvgIpc) is 3.01. The molecule has 0 aromatic carbocycles. The third-order valence-electron chi connectivity index (χ3n) is 3.79. The van der Waals surface area contributed by atoms with Crippen LogP contribution < -0.4 is 5.32 Å². The highest BCUT2D eigenvalue weighted by Gasteiger charge is 2.42. The van der Waals surface area contributed by atoms with E-state index in [1.54, 1.807) is 0 Å². The third kappa shape index (κ3) is 3.44. The van der Waals surface area contributed by atoms with E-state index in [9.17, 15) is 4.79 Å². The van der Waals surface area contributed by atoms with Gasteiger partial charge in [0.1, 0.15) is 5.60 Å². The molecule has 3 heteroatoms. The predicted molar refractivity (Wildman–Crippen MR) is 67.7 cm³/mol. The number of carbonyl (C=O) groups is 1. The fourth-order valence-electron chi connectivity index (χ4n) is 2.43. The average molecular weight is 239 g/mol. The Bertz CT molecular complexity index is 283. The molecule has 0 spiro atoms. The molecular weight excluding hydrogens is 214 g/mol. The lowest BCUT2D eigenvalue weighted by Gasteiger charge is -2.39. The van der Waals surface area contributed by atoms with Crippen LogP contribution in [0.3, 0.4) is 0 Å². The summed E-state index contributed by atoms with van der Waals surface area (Å²) in [5.41, 5.74) is -0.557. The number of hydrogen-bond donors (Lipinski definition) is 1. The van der Waals surface area contributed by atoms with Gasteiger partial charge in [-0.3, -0.25) is 4.79 Å². The number of ether oxygens (including phenoxy) is 1. The van der Waals surface area contributed by atoms with Crippen molar-refractivity contribution in [3.63, 3.8) is 0 Å². The summed E-state index contributed by atoms with van der Waals surface area (Å²) in [5.74, 6) is 0.765. The van der Waals surface area contributed by atoms with Crippen LogP contribution in [0.25, 0.3) is 0 Å². The van der Waals surface area contributed by atoms with Crippen LogP contribution in [0.5, 0.6) is 0 Å². The summed E-state index contributed by atoms with van der Waals surface area (Å²) in [4.78, 5) is 12.1. The van der Waals surface area contributed by atoms with Crippen molar-refractivity contribution in [1.29, 1.82) is 0 Å². The molecule has 1 aliphatic heterocycles. The molecule has 2 aliphatic rings. The lowest BCUT2D eigenvalue weighted by Crippen LogP contribution is -2.47. The zero-order valence-electron chi connectivity index (χ0n) is 11.3. The summed E-state index contributed by atoms with van der Waals surface area (Å²) in [5, 5.41) is 3.35. The zero-order chi connectivity index (χ0) is 12.5. The smallest absolute Gasteiger partial charge is 0.311 e. The maximum absolute atomic E-state index is 12.1. The van der Waals surface area contributed by atoms with Gasteiger partial charge in [-0.25, -0.2) is 0 Å². The summed E-state index contributed by atoms with van der Waals surface area (Å²) >= 11 is 0. The summed E-state index contributed by atoms with van der Waals surface area (Å²) in [6.45, 7) is 7.75. The van der Waals surface area contributed by atoms with Gasteiger partial charge >= 0.3 is 5.97 Å². The van der Waals surface area contributed by atoms with E-state index in [0.29, 0.717) is 0 Å². The van der Waals surface area contributed by atoms with Gasteiger partial charge in [-0.1, -0.05) is 12.8 Å². The monoisotopic (exact) mass is 239 g/mol. The summed E-state index contributed by atoms with van der Waals surface area (Å²) in [6, 6.07) is 0. The fraction of sp³-hybridized carbons (Fsp3) is 0.929. The molecule has 1 heterocycles. The molecule has 0 bridgehead atoms. The maximum Gasteiger partial charge on any atom is 0.311 e. The van der Waals surface area contributed by atoms with Crippen molar-refractivity contribution in [2.24, 2.45) is 11.3 Å². The Balaban J connectivity index is 2.01. The number of piperidine rings is 1. The van der Waals surface area contributed by atoms with E-state index in [2.05, 4.69) is 5.32 Å². The molecule has 98 valence electrons. The quantitative estimate of drug-likeness (QED) is 0.769. The van der Waals surface area contributed by atoms with Crippen LogP contribution in [-0.4, -0.2) is 24.7 Å². The Morgan fingerprint density at radius 2 is 1.88 bits per heavy atom. The molecule has 0 unspecified atom stereocenters. The standard InChI is InChI=1S/C14H25NO2/c1-13(2,3)12(16)17-14(10-11-4-5-11)6-8-15-9-7-14/h11,15H,4-10H2,1-3H3. The Kier molecular flexibility index (Phi) is 3.48. The van der Waals surface area contributed by atoms with Crippen LogP contribution in [0.15, 0.2) is 0 Å². The zero-order valence-corrected chi connectivity index (χ0v) is 11.3. The number of nitrogens with one attached hydrogen (secondary N) is 1. The van der Waals surface area contributed by atoms with Gasteiger partial charge in [0.05, 0.1) is 5.41 Å². The minimum Gasteiger partial charge on any atom is -0.459 e. The highest BCUT2D eigenvalue weighted by atomic mass is 16.6. The van der Waals surface area contributed by atoms with E-state index in [4.69, 9.17) is 4.74 Å². The van der Waals surface area contributed by atoms with Crippen LogP contribution >= 0.6 is 0 Å². The normalized spacial score (nSPS) is 24.4. The molecule has 0 atom stereocenters. The maximum atomic E-state index is 12.1. The largest absolute Gasteiger partial charge is 0.459 e. The van der Waals surface area contributed by atoms with Gasteiger partial charge in [-0.05, 0) is 59.0 Å². The van der Waals surface area contributed by atoms with Gasteiger partial charge in [0.2, 0.25) is 0 Å². The van der Waals surface area contributed by atoms with E-state index >= 15 is 0 Å². The van der Waals surface area contributed by atoms with E-state index in [1.165, 1.54) is 12.8 Å². The first-order chi connectivity index (χ1) is 7.91. The molecule has 0 radical (unpaired) electrons. The van der Waals surface area contributed by atoms with Gasteiger partial charge in [-0.2, -0.15) is 0 Å². The second kappa shape index (κ2) is 4.60. The molecule has 2 fully saturated rings. The van der Waals surface area contributed by atoms with E-state index in [0.717, 1.165) is 38.3 Å². The van der Waals surface area contributed by atoms with Gasteiger partial charge in [0, 0.05) is 0 Å². The molecule has 0 aromatic rings. The summed E-state index contributed by atoms with van der Waals surface area (Å²) < 4.78 is 5.92. The lowest BCUT2D eigenvalue weighted by atomic mass is 9.86. The van der Waals surface area contributed by atoms with Crippen molar-refractivity contribution < 1.29 is 9.53 Å². The SMILES string of the molecule is CC(C)(C)C(=O)OC1(CC2CC2)CCNCC1. The van der Waals surface area contributed by atoms with Crippen LogP contribution in [0, 0.1) is 11.3 Å². The van der Waals surface area contributed by atoms with E-state index in [-0.39, 0.29) is 17.0 Å². The first-order valence-electron chi connectivity index (χ1n) is 6.85. The first kappa shape index (κ1) is 12.9. The molecule has 17 heavy (non-hydrogen) atoms. The highest BCUT2D eigenvalue weighted by molar-refractivity contribution is 5.75. The lowest BCUT2D eigenvalue weighted by molar-refractivity contribution is -0.173. The van der Waals surface area contributed by atoms with Crippen molar-refractivity contribution in [3.05, 3.63) is 0 Å². The van der Waals surface area contributed by atoms with Crippen molar-refractivity contribution in [3.8, 4) is 0 Å². The Morgan fingerprint density at radius 1 is 1.29 bits per heavy atom. The highest BCUT2D eigenvalue weighted by Crippen LogP contribution is 2.42. The second-order valence-electron chi connectivity index (χ2n) is 6.72. The van der Waals surface area contributed by atoms with Gasteiger partial charge < -0.3 is 10.1 Å². The summed E-state index contributed by atoms with van der Waals surface area (Å²) in [6.07, 6.45) is 5.68. The minimum atomic E-state index is -0.387. The van der Waals surface area contributed by atoms with Crippen molar-refractivity contribution in [1.82, 2.24) is 5.32 Å². The van der Waals surface area contributed by atoms with Crippen molar-refractivity contribution in [2.45, 2.75) is 58.5 Å². The molecule has 1 saturated heterocycles. The number of hydrogen-bond acceptors (Lipinski definition) is 3. The fourth-order valence-corrected chi connectivity index (χ4v) is 2.43. The Hall–Kier alpha value is -0.570. The van der Waals surface area contributed by atoms with E-state index in [1.807, 2.05) is 20.8 Å². The van der Waals surface area contributed by atoms with Crippen LogP contribution in [0.4, 0.5) is 0 Å². The van der Waals surface area contributed by atoms with Crippen LogP contribution in [-0.2, 0) is 9.53 Å². The number of carbonyl (C=O) groups excluding carboxylic acids is 1. The van der Waals surface area contributed by atoms with Crippen LogP contribution in [0.1, 0.15) is 52.9 Å². The second-order valence-corrected chi connectivity index (χ2v) is 6.72. The third-order valence-corrected chi connectivity index (χ3v) is 3.79.